The van der Waals surface area contributed by atoms with Crippen LogP contribution >= 0.6 is 0 Å². The number of nitrogens with zero attached hydrogens (tertiary/aromatic N) is 2. The van der Waals surface area contributed by atoms with E-state index in [1.165, 1.54) is 0 Å². The quantitative estimate of drug-likeness (QED) is 0.751. The molecule has 2 aromatic heterocycles. The summed E-state index contributed by atoms with van der Waals surface area (Å²) in [5.74, 6) is 1.79. The molecule has 19 heavy (non-hydrogen) atoms. The Hall–Kier alpha value is -2.56. The second-order valence-electron chi connectivity index (χ2n) is 4.33. The molecule has 3 N–H and O–H groups in total. The second kappa shape index (κ2) is 4.61. The molecule has 3 aromatic rings. The van der Waals surface area contributed by atoms with Crippen LogP contribution in [0.2, 0.25) is 0 Å². The highest BCUT2D eigenvalue weighted by molar-refractivity contribution is 5.79. The van der Waals surface area contributed by atoms with E-state index in [-0.39, 0.29) is 6.04 Å². The number of benzene rings is 1. The smallest absolute Gasteiger partial charge is 0.170 e. The molecule has 96 valence electrons. The number of aromatic nitrogens is 2. The minimum atomic E-state index is -0.0206. The second-order valence-corrected chi connectivity index (χ2v) is 4.33. The van der Waals surface area contributed by atoms with Gasteiger partial charge in [-0.1, -0.05) is 12.1 Å². The number of hydrogen-bond donors (Lipinski definition) is 2. The van der Waals surface area contributed by atoms with E-state index in [4.69, 9.17) is 10.2 Å². The minimum Gasteiger partial charge on any atom is -0.467 e. The average Bonchev–Trinajstić information content (AvgIpc) is 2.93. The van der Waals surface area contributed by atoms with Gasteiger partial charge in [-0.25, -0.2) is 9.97 Å². The van der Waals surface area contributed by atoms with E-state index in [9.17, 15) is 0 Å². The highest BCUT2D eigenvalue weighted by atomic mass is 16.3. The van der Waals surface area contributed by atoms with Crippen molar-refractivity contribution in [3.05, 3.63) is 48.4 Å². The van der Waals surface area contributed by atoms with E-state index in [1.807, 2.05) is 43.3 Å². The molecule has 2 heterocycles. The van der Waals surface area contributed by atoms with Crippen molar-refractivity contribution in [2.45, 2.75) is 13.0 Å². The van der Waals surface area contributed by atoms with Gasteiger partial charge in [0.15, 0.2) is 11.6 Å². The van der Waals surface area contributed by atoms with E-state index < -0.39 is 0 Å². The van der Waals surface area contributed by atoms with Crippen molar-refractivity contribution in [3.63, 3.8) is 0 Å². The Kier molecular flexibility index (Phi) is 2.79. The maximum Gasteiger partial charge on any atom is 0.170 e. The molecule has 0 aliphatic heterocycles. The molecule has 0 radical (unpaired) electrons. The molecule has 0 saturated heterocycles. The van der Waals surface area contributed by atoms with Crippen LogP contribution in [-0.4, -0.2) is 9.97 Å². The summed E-state index contributed by atoms with van der Waals surface area (Å²) in [6.45, 7) is 1.98. The fourth-order valence-electron chi connectivity index (χ4n) is 1.93. The molecule has 5 nitrogen and oxygen atoms in total. The predicted molar refractivity (Wildman–Crippen MR) is 74.7 cm³/mol. The Morgan fingerprint density at radius 2 is 1.84 bits per heavy atom. The molecule has 0 bridgehead atoms. The number of para-hydroxylation sites is 2. The summed E-state index contributed by atoms with van der Waals surface area (Å²) in [6, 6.07) is 11.4. The Morgan fingerprint density at radius 1 is 1.11 bits per heavy atom. The van der Waals surface area contributed by atoms with Crippen LogP contribution in [0.5, 0.6) is 0 Å². The van der Waals surface area contributed by atoms with Crippen molar-refractivity contribution >= 4 is 22.7 Å². The fraction of sp³-hybridized carbons (Fsp3) is 0.143. The van der Waals surface area contributed by atoms with Gasteiger partial charge in [-0.15, -0.1) is 0 Å². The minimum absolute atomic E-state index is 0.0206. The molecular formula is C14H14N4O. The van der Waals surface area contributed by atoms with Crippen LogP contribution in [0.3, 0.4) is 0 Å². The lowest BCUT2D eigenvalue weighted by Gasteiger charge is -2.13. The standard InChI is InChI=1S/C14H14N4O/c1-9(12-7-4-8-19-12)16-14-13(15)17-10-5-2-3-6-11(10)18-14/h2-9H,1H3,(H2,15,17)(H,16,18). The zero-order valence-electron chi connectivity index (χ0n) is 10.5. The third kappa shape index (κ3) is 2.22. The SMILES string of the molecule is CC(Nc1nc2ccccc2nc1N)c1ccco1. The maximum atomic E-state index is 5.92. The van der Waals surface area contributed by atoms with E-state index in [2.05, 4.69) is 15.3 Å². The Bertz CT molecular complexity index is 694. The Labute approximate surface area is 110 Å². The molecule has 0 amide bonds. The number of anilines is 2. The summed E-state index contributed by atoms with van der Waals surface area (Å²) in [5, 5.41) is 3.21. The van der Waals surface area contributed by atoms with Crippen molar-refractivity contribution in [2.24, 2.45) is 0 Å². The molecule has 1 unspecified atom stereocenters. The molecular weight excluding hydrogens is 240 g/mol. The third-order valence-corrected chi connectivity index (χ3v) is 2.92. The van der Waals surface area contributed by atoms with Gasteiger partial charge in [-0.2, -0.15) is 0 Å². The number of furan rings is 1. The molecule has 1 aromatic carbocycles. The van der Waals surface area contributed by atoms with Gasteiger partial charge >= 0.3 is 0 Å². The van der Waals surface area contributed by atoms with E-state index in [1.54, 1.807) is 6.26 Å². The van der Waals surface area contributed by atoms with E-state index in [0.29, 0.717) is 11.6 Å². The summed E-state index contributed by atoms with van der Waals surface area (Å²) in [4.78, 5) is 8.82. The largest absolute Gasteiger partial charge is 0.467 e. The van der Waals surface area contributed by atoms with Crippen LogP contribution in [0, 0.1) is 0 Å². The third-order valence-electron chi connectivity index (χ3n) is 2.92. The summed E-state index contributed by atoms with van der Waals surface area (Å²) < 4.78 is 5.34. The zero-order valence-corrected chi connectivity index (χ0v) is 10.5. The number of rotatable bonds is 3. The molecule has 0 spiro atoms. The maximum absolute atomic E-state index is 5.92. The first-order valence-electron chi connectivity index (χ1n) is 6.06. The van der Waals surface area contributed by atoms with Crippen molar-refractivity contribution < 1.29 is 4.42 Å². The fourth-order valence-corrected chi connectivity index (χ4v) is 1.93. The van der Waals surface area contributed by atoms with Gasteiger partial charge in [0.2, 0.25) is 0 Å². The summed E-state index contributed by atoms with van der Waals surface area (Å²) in [7, 11) is 0. The van der Waals surface area contributed by atoms with Crippen molar-refractivity contribution in [2.75, 3.05) is 11.1 Å². The van der Waals surface area contributed by atoms with Crippen LogP contribution in [0.25, 0.3) is 11.0 Å². The van der Waals surface area contributed by atoms with Crippen molar-refractivity contribution in [3.8, 4) is 0 Å². The summed E-state index contributed by atoms with van der Waals surface area (Å²) in [5.41, 5.74) is 7.52. The van der Waals surface area contributed by atoms with Gasteiger partial charge < -0.3 is 15.5 Å². The van der Waals surface area contributed by atoms with Gasteiger partial charge in [0, 0.05) is 0 Å². The first kappa shape index (κ1) is 11.5. The first-order chi connectivity index (χ1) is 9.24. The Balaban J connectivity index is 1.94. The summed E-state index contributed by atoms with van der Waals surface area (Å²) in [6.07, 6.45) is 1.64. The van der Waals surface area contributed by atoms with Crippen LogP contribution < -0.4 is 11.1 Å². The highest BCUT2D eigenvalue weighted by Crippen LogP contribution is 2.23. The summed E-state index contributed by atoms with van der Waals surface area (Å²) >= 11 is 0. The first-order valence-corrected chi connectivity index (χ1v) is 6.06. The monoisotopic (exact) mass is 254 g/mol. The van der Waals surface area contributed by atoms with Crippen molar-refractivity contribution in [1.82, 2.24) is 9.97 Å². The van der Waals surface area contributed by atoms with Crippen molar-refractivity contribution in [1.29, 1.82) is 0 Å². The van der Waals surface area contributed by atoms with Crippen LogP contribution in [0.4, 0.5) is 11.6 Å². The van der Waals surface area contributed by atoms with Crippen LogP contribution in [0.15, 0.2) is 47.1 Å². The van der Waals surface area contributed by atoms with Gasteiger partial charge in [0.25, 0.3) is 0 Å². The normalized spacial score (nSPS) is 12.5. The molecule has 0 saturated carbocycles. The van der Waals surface area contributed by atoms with E-state index >= 15 is 0 Å². The predicted octanol–water partition coefficient (Wildman–Crippen LogP) is 2.98. The number of hydrogen-bond acceptors (Lipinski definition) is 5. The number of nitrogen functional groups attached to an aromatic ring is 1. The van der Waals surface area contributed by atoms with Gasteiger partial charge in [0.05, 0.1) is 23.3 Å². The number of nitrogens with two attached hydrogens (primary N) is 1. The molecule has 5 heteroatoms. The number of nitrogens with one attached hydrogen (secondary N) is 1. The van der Waals surface area contributed by atoms with Crippen LogP contribution in [0.1, 0.15) is 18.7 Å². The van der Waals surface area contributed by atoms with Crippen LogP contribution in [-0.2, 0) is 0 Å². The molecule has 1 atom stereocenters. The highest BCUT2D eigenvalue weighted by Gasteiger charge is 2.12. The molecule has 0 fully saturated rings. The van der Waals surface area contributed by atoms with Gasteiger partial charge in [0.1, 0.15) is 5.76 Å². The topological polar surface area (TPSA) is 77.0 Å². The average molecular weight is 254 g/mol. The lowest BCUT2D eigenvalue weighted by Crippen LogP contribution is -2.10. The van der Waals surface area contributed by atoms with E-state index in [0.717, 1.165) is 16.8 Å². The Morgan fingerprint density at radius 3 is 2.53 bits per heavy atom. The van der Waals surface area contributed by atoms with Gasteiger partial charge in [-0.05, 0) is 31.2 Å². The van der Waals surface area contributed by atoms with Gasteiger partial charge in [-0.3, -0.25) is 0 Å². The zero-order chi connectivity index (χ0) is 13.2. The molecule has 3 rings (SSSR count). The lowest BCUT2D eigenvalue weighted by molar-refractivity contribution is 0.490. The number of fused-ring (bicyclic) bond motifs is 1. The molecule has 0 aliphatic carbocycles. The lowest BCUT2D eigenvalue weighted by atomic mass is 10.2. The molecule has 0 aliphatic rings.